The summed E-state index contributed by atoms with van der Waals surface area (Å²) in [4.78, 5) is 6.92. The average Bonchev–Trinajstić information content (AvgIpc) is 2.57. The summed E-state index contributed by atoms with van der Waals surface area (Å²) in [5, 5.41) is 0.738. The summed E-state index contributed by atoms with van der Waals surface area (Å²) in [6.07, 6.45) is 3.39. The summed E-state index contributed by atoms with van der Waals surface area (Å²) in [6.45, 7) is 0. The van der Waals surface area contributed by atoms with Gasteiger partial charge < -0.3 is 4.98 Å². The van der Waals surface area contributed by atoms with Crippen LogP contribution in [0.1, 0.15) is 0 Å². The first-order valence-corrected chi connectivity index (χ1v) is 3.99. The second-order valence-electron chi connectivity index (χ2n) is 2.45. The molecule has 1 aromatic heterocycles. The van der Waals surface area contributed by atoms with E-state index >= 15 is 0 Å². The molecule has 0 saturated heterocycles. The number of nitrogens with one attached hydrogen (secondary N) is 1. The summed E-state index contributed by atoms with van der Waals surface area (Å²) in [5.74, 6) is 0. The van der Waals surface area contributed by atoms with Crippen molar-refractivity contribution >= 4 is 11.6 Å². The summed E-state index contributed by atoms with van der Waals surface area (Å²) < 4.78 is 0. The highest BCUT2D eigenvalue weighted by atomic mass is 35.5. The fraction of sp³-hybridized carbons (Fsp3) is 0. The summed E-state index contributed by atoms with van der Waals surface area (Å²) in [5.41, 5.74) is 1.93. The molecule has 12 heavy (non-hydrogen) atoms. The lowest BCUT2D eigenvalue weighted by atomic mass is 10.2. The van der Waals surface area contributed by atoms with Crippen molar-refractivity contribution < 1.29 is 0 Å². The van der Waals surface area contributed by atoms with Gasteiger partial charge in [-0.3, -0.25) is 0 Å². The molecule has 0 atom stereocenters. The van der Waals surface area contributed by atoms with Gasteiger partial charge in [0.2, 0.25) is 0 Å². The molecular formula is C9H7ClN2. The number of benzene rings is 1. The molecule has 1 N–H and O–H groups in total. The number of hydrogen-bond donors (Lipinski definition) is 1. The van der Waals surface area contributed by atoms with Gasteiger partial charge in [-0.2, -0.15) is 0 Å². The molecule has 0 fully saturated rings. The molecule has 60 valence electrons. The number of rotatable bonds is 1. The molecule has 0 amide bonds. The lowest BCUT2D eigenvalue weighted by molar-refractivity contribution is 1.31. The standard InChI is InChI=1S/C9H7ClN2/c10-8-4-2-1-3-7(8)9-5-11-6-12-9/h1-6H,(H,11,12). The van der Waals surface area contributed by atoms with Crippen molar-refractivity contribution in [3.63, 3.8) is 0 Å². The van der Waals surface area contributed by atoms with E-state index in [1.165, 1.54) is 0 Å². The maximum absolute atomic E-state index is 5.97. The summed E-state index contributed by atoms with van der Waals surface area (Å²) >= 11 is 5.97. The third-order valence-electron chi connectivity index (χ3n) is 1.66. The van der Waals surface area contributed by atoms with Crippen molar-refractivity contribution in [2.24, 2.45) is 0 Å². The third-order valence-corrected chi connectivity index (χ3v) is 1.99. The van der Waals surface area contributed by atoms with Gasteiger partial charge in [0.1, 0.15) is 0 Å². The molecule has 0 spiro atoms. The maximum Gasteiger partial charge on any atom is 0.0924 e. The van der Waals surface area contributed by atoms with Crippen LogP contribution in [0, 0.1) is 0 Å². The zero-order chi connectivity index (χ0) is 8.39. The van der Waals surface area contributed by atoms with Crippen molar-refractivity contribution in [1.82, 2.24) is 9.97 Å². The largest absolute Gasteiger partial charge is 0.345 e. The molecule has 0 aliphatic rings. The first kappa shape index (κ1) is 7.37. The van der Waals surface area contributed by atoms with E-state index in [9.17, 15) is 0 Å². The average molecular weight is 179 g/mol. The van der Waals surface area contributed by atoms with Crippen LogP contribution in [0.5, 0.6) is 0 Å². The lowest BCUT2D eigenvalue weighted by Gasteiger charge is -1.98. The van der Waals surface area contributed by atoms with E-state index in [2.05, 4.69) is 9.97 Å². The first-order valence-electron chi connectivity index (χ1n) is 3.61. The fourth-order valence-electron chi connectivity index (χ4n) is 1.08. The topological polar surface area (TPSA) is 28.7 Å². The monoisotopic (exact) mass is 178 g/mol. The Morgan fingerprint density at radius 1 is 1.25 bits per heavy atom. The van der Waals surface area contributed by atoms with Crippen LogP contribution in [0.4, 0.5) is 0 Å². The van der Waals surface area contributed by atoms with Crippen molar-refractivity contribution in [2.45, 2.75) is 0 Å². The van der Waals surface area contributed by atoms with E-state index < -0.39 is 0 Å². The lowest BCUT2D eigenvalue weighted by Crippen LogP contribution is -1.77. The van der Waals surface area contributed by atoms with Crippen LogP contribution in [0.15, 0.2) is 36.8 Å². The Bertz CT molecular complexity index is 368. The van der Waals surface area contributed by atoms with Crippen LogP contribution < -0.4 is 0 Å². The van der Waals surface area contributed by atoms with Crippen LogP contribution in [0.25, 0.3) is 11.3 Å². The van der Waals surface area contributed by atoms with Crippen molar-refractivity contribution in [3.05, 3.63) is 41.8 Å². The van der Waals surface area contributed by atoms with E-state index in [0.717, 1.165) is 16.3 Å². The van der Waals surface area contributed by atoms with Crippen LogP contribution in [0.2, 0.25) is 5.02 Å². The Morgan fingerprint density at radius 3 is 2.75 bits per heavy atom. The summed E-state index contributed by atoms with van der Waals surface area (Å²) in [7, 11) is 0. The minimum absolute atomic E-state index is 0.738. The van der Waals surface area contributed by atoms with Gasteiger partial charge in [0.15, 0.2) is 0 Å². The zero-order valence-corrected chi connectivity index (χ0v) is 7.05. The molecule has 0 aliphatic carbocycles. The smallest absolute Gasteiger partial charge is 0.0924 e. The van der Waals surface area contributed by atoms with Crippen LogP contribution >= 0.6 is 11.6 Å². The van der Waals surface area contributed by atoms with E-state index in [-0.39, 0.29) is 0 Å². The molecule has 2 nitrogen and oxygen atoms in total. The second kappa shape index (κ2) is 2.99. The normalized spacial score (nSPS) is 10.1. The van der Waals surface area contributed by atoms with Crippen molar-refractivity contribution in [2.75, 3.05) is 0 Å². The molecular weight excluding hydrogens is 172 g/mol. The number of H-pyrrole nitrogens is 1. The fourth-order valence-corrected chi connectivity index (χ4v) is 1.32. The number of nitrogens with zero attached hydrogens (tertiary/aromatic N) is 1. The van der Waals surface area contributed by atoms with E-state index in [1.54, 1.807) is 12.5 Å². The molecule has 2 rings (SSSR count). The number of halogens is 1. The zero-order valence-electron chi connectivity index (χ0n) is 6.29. The van der Waals surface area contributed by atoms with Gasteiger partial charge in [0, 0.05) is 10.6 Å². The Kier molecular flexibility index (Phi) is 1.84. The third kappa shape index (κ3) is 1.21. The number of aromatic nitrogens is 2. The molecule has 0 bridgehead atoms. The Labute approximate surface area is 75.2 Å². The van der Waals surface area contributed by atoms with Crippen LogP contribution in [-0.2, 0) is 0 Å². The van der Waals surface area contributed by atoms with Gasteiger partial charge in [-0.1, -0.05) is 29.8 Å². The maximum atomic E-state index is 5.97. The SMILES string of the molecule is Clc1ccccc1-c1cnc[nH]1. The molecule has 2 aromatic rings. The van der Waals surface area contributed by atoms with Crippen molar-refractivity contribution in [3.8, 4) is 11.3 Å². The quantitative estimate of drug-likeness (QED) is 0.715. The number of imidazole rings is 1. The predicted octanol–water partition coefficient (Wildman–Crippen LogP) is 2.73. The minimum Gasteiger partial charge on any atom is -0.345 e. The van der Waals surface area contributed by atoms with Crippen LogP contribution in [-0.4, -0.2) is 9.97 Å². The van der Waals surface area contributed by atoms with Gasteiger partial charge in [0.25, 0.3) is 0 Å². The van der Waals surface area contributed by atoms with E-state index in [0.29, 0.717) is 0 Å². The highest BCUT2D eigenvalue weighted by molar-refractivity contribution is 6.33. The number of hydrogen-bond acceptors (Lipinski definition) is 1. The molecule has 0 aliphatic heterocycles. The van der Waals surface area contributed by atoms with Gasteiger partial charge in [-0.15, -0.1) is 0 Å². The molecule has 0 saturated carbocycles. The second-order valence-corrected chi connectivity index (χ2v) is 2.85. The molecule has 0 unspecified atom stereocenters. The van der Waals surface area contributed by atoms with Gasteiger partial charge in [-0.25, -0.2) is 4.98 Å². The summed E-state index contributed by atoms with van der Waals surface area (Å²) in [6, 6.07) is 7.66. The van der Waals surface area contributed by atoms with Gasteiger partial charge in [0.05, 0.1) is 18.2 Å². The molecule has 3 heteroatoms. The highest BCUT2D eigenvalue weighted by Gasteiger charge is 2.01. The first-order chi connectivity index (χ1) is 5.88. The Hall–Kier alpha value is -1.28. The molecule has 1 heterocycles. The van der Waals surface area contributed by atoms with E-state index in [1.807, 2.05) is 24.3 Å². The predicted molar refractivity (Wildman–Crippen MR) is 49.0 cm³/mol. The Morgan fingerprint density at radius 2 is 2.08 bits per heavy atom. The molecule has 0 radical (unpaired) electrons. The number of aromatic amines is 1. The van der Waals surface area contributed by atoms with E-state index in [4.69, 9.17) is 11.6 Å². The van der Waals surface area contributed by atoms with Gasteiger partial charge >= 0.3 is 0 Å². The van der Waals surface area contributed by atoms with Crippen LogP contribution in [0.3, 0.4) is 0 Å². The minimum atomic E-state index is 0.738. The Balaban J connectivity index is 2.55. The van der Waals surface area contributed by atoms with Crippen molar-refractivity contribution in [1.29, 1.82) is 0 Å². The highest BCUT2D eigenvalue weighted by Crippen LogP contribution is 2.24. The molecule has 1 aromatic carbocycles. The van der Waals surface area contributed by atoms with Gasteiger partial charge in [-0.05, 0) is 6.07 Å².